The highest BCUT2D eigenvalue weighted by atomic mass is 19.1. The average Bonchev–Trinajstić information content (AvgIpc) is 3.47. The van der Waals surface area contributed by atoms with Crippen molar-refractivity contribution in [2.24, 2.45) is 11.3 Å². The Morgan fingerprint density at radius 3 is 2.62 bits per heavy atom. The largest absolute Gasteiger partial charge is 0.322 e. The van der Waals surface area contributed by atoms with Crippen molar-refractivity contribution < 1.29 is 18.8 Å². The van der Waals surface area contributed by atoms with Crippen molar-refractivity contribution >= 4 is 25.6 Å². The van der Waals surface area contributed by atoms with Gasteiger partial charge >= 0.3 is 0 Å². The highest BCUT2D eigenvalue weighted by Gasteiger charge is 2.58. The van der Waals surface area contributed by atoms with Gasteiger partial charge in [0.25, 0.3) is 5.91 Å². The Morgan fingerprint density at radius 1 is 1.12 bits per heavy atom. The number of rotatable bonds is 5. The fourth-order valence-electron chi connectivity index (χ4n) is 7.02. The predicted molar refractivity (Wildman–Crippen MR) is 124 cm³/mol. The topological polar surface area (TPSA) is 78.5 Å². The first-order chi connectivity index (χ1) is 16.3. The minimum Gasteiger partial charge on any atom is -0.322 e. The van der Waals surface area contributed by atoms with Crippen molar-refractivity contribution in [2.45, 2.75) is 94.7 Å². The second-order valence-electron chi connectivity index (χ2n) is 11.5. The van der Waals surface area contributed by atoms with Crippen molar-refractivity contribution in [1.82, 2.24) is 15.5 Å². The van der Waals surface area contributed by atoms with E-state index in [1.807, 2.05) is 0 Å². The molecule has 3 aliphatic carbocycles. The van der Waals surface area contributed by atoms with Crippen LogP contribution in [0.1, 0.15) is 85.7 Å². The Hall–Kier alpha value is -2.22. The van der Waals surface area contributed by atoms with Gasteiger partial charge in [-0.1, -0.05) is 18.9 Å². The molecule has 1 aromatic rings. The molecule has 5 aliphatic rings. The van der Waals surface area contributed by atoms with E-state index in [2.05, 4.69) is 10.6 Å². The number of amides is 3. The summed E-state index contributed by atoms with van der Waals surface area (Å²) in [7, 11) is 6.65. The van der Waals surface area contributed by atoms with Gasteiger partial charge in [-0.3, -0.25) is 19.7 Å². The van der Waals surface area contributed by atoms with Crippen LogP contribution in [0.25, 0.3) is 0 Å². The minimum absolute atomic E-state index is 0.0699. The van der Waals surface area contributed by atoms with Gasteiger partial charge in [-0.15, -0.1) is 0 Å². The Morgan fingerprint density at radius 2 is 1.88 bits per heavy atom. The Bertz CT molecular complexity index is 1060. The van der Waals surface area contributed by atoms with Gasteiger partial charge in [0.2, 0.25) is 11.8 Å². The van der Waals surface area contributed by atoms with Crippen LogP contribution in [0.2, 0.25) is 0 Å². The maximum Gasteiger partial charge on any atom is 0.255 e. The highest BCUT2D eigenvalue weighted by molar-refractivity contribution is 6.16. The number of imide groups is 1. The lowest BCUT2D eigenvalue weighted by molar-refractivity contribution is -0.136. The molecule has 0 bridgehead atoms. The molecule has 2 N–H and O–H groups in total. The fraction of sp³-hybridized carbons (Fsp3) is 0.654. The number of piperidine rings is 1. The van der Waals surface area contributed by atoms with Gasteiger partial charge in [0.05, 0.1) is 14.4 Å². The number of nitrogens with one attached hydrogen (secondary N) is 2. The van der Waals surface area contributed by atoms with E-state index in [1.54, 1.807) is 12.1 Å². The molecule has 1 aromatic carbocycles. The number of nitrogens with zero attached hydrogens (tertiary/aromatic N) is 1. The second kappa shape index (κ2) is 7.90. The van der Waals surface area contributed by atoms with Gasteiger partial charge in [-0.2, -0.15) is 0 Å². The summed E-state index contributed by atoms with van der Waals surface area (Å²) in [4.78, 5) is 38.1. The van der Waals surface area contributed by atoms with Gasteiger partial charge in [-0.25, -0.2) is 4.39 Å². The number of benzene rings is 1. The normalized spacial score (nSPS) is 31.3. The summed E-state index contributed by atoms with van der Waals surface area (Å²) in [5.74, 6) is -1.16. The zero-order valence-corrected chi connectivity index (χ0v) is 19.5. The van der Waals surface area contributed by atoms with E-state index in [9.17, 15) is 14.4 Å². The molecule has 34 heavy (non-hydrogen) atoms. The summed E-state index contributed by atoms with van der Waals surface area (Å²) in [5, 5.41) is 6.05. The van der Waals surface area contributed by atoms with Gasteiger partial charge in [0, 0.05) is 23.6 Å². The number of fused-ring (bicyclic) bond motifs is 1. The smallest absolute Gasteiger partial charge is 0.255 e. The lowest BCUT2D eigenvalue weighted by atomic mass is 9.54. The molecule has 4 fully saturated rings. The van der Waals surface area contributed by atoms with Crippen molar-refractivity contribution in [3.63, 3.8) is 0 Å². The lowest BCUT2D eigenvalue weighted by Gasteiger charge is -2.51. The van der Waals surface area contributed by atoms with Crippen molar-refractivity contribution in [1.29, 1.82) is 0 Å². The van der Waals surface area contributed by atoms with Crippen LogP contribution >= 0.6 is 0 Å². The first-order valence-corrected chi connectivity index (χ1v) is 12.8. The predicted octanol–water partition coefficient (Wildman–Crippen LogP) is 2.72. The zero-order chi connectivity index (χ0) is 23.7. The Balaban J connectivity index is 1.17. The van der Waals surface area contributed by atoms with Crippen molar-refractivity contribution in [2.75, 3.05) is 0 Å². The van der Waals surface area contributed by atoms with Crippen LogP contribution in [-0.4, -0.2) is 48.0 Å². The molecule has 6 nitrogen and oxygen atoms in total. The molecule has 2 aliphatic heterocycles. The molecule has 1 saturated heterocycles. The molecule has 3 saturated carbocycles. The fourth-order valence-corrected chi connectivity index (χ4v) is 7.02. The molecule has 1 unspecified atom stereocenters. The number of hydrogen-bond donors (Lipinski definition) is 2. The van der Waals surface area contributed by atoms with E-state index in [-0.39, 0.29) is 48.5 Å². The van der Waals surface area contributed by atoms with Crippen LogP contribution in [0, 0.1) is 17.2 Å². The SMILES string of the molecule is [B]C1(N[C@H]2CCCC[C@@H]2Cc2ccc3c(c2F)CN(C2CCC(=O)NC2=O)C3=O)CC2(CC2)C1. The molecule has 2 heterocycles. The third kappa shape index (κ3) is 3.78. The summed E-state index contributed by atoms with van der Waals surface area (Å²) in [6, 6.07) is 3.00. The highest BCUT2D eigenvalue weighted by Crippen LogP contribution is 2.64. The Kier molecular flexibility index (Phi) is 5.17. The maximum absolute atomic E-state index is 15.7. The Labute approximate surface area is 200 Å². The van der Waals surface area contributed by atoms with Crippen LogP contribution in [0.4, 0.5) is 4.39 Å². The third-order valence-electron chi connectivity index (χ3n) is 8.93. The van der Waals surface area contributed by atoms with Crippen LogP contribution in [-0.2, 0) is 22.6 Å². The number of carbonyl (C=O) groups excluding carboxylic acids is 3. The summed E-state index contributed by atoms with van der Waals surface area (Å²) >= 11 is 0. The molecule has 3 amide bonds. The first kappa shape index (κ1) is 22.3. The molecule has 178 valence electrons. The summed E-state index contributed by atoms with van der Waals surface area (Å²) in [5.41, 5.74) is 1.57. The van der Waals surface area contributed by atoms with Gasteiger partial charge < -0.3 is 10.2 Å². The van der Waals surface area contributed by atoms with Crippen molar-refractivity contribution in [3.8, 4) is 0 Å². The van der Waals surface area contributed by atoms with Gasteiger partial charge in [-0.05, 0) is 79.8 Å². The monoisotopic (exact) mass is 463 g/mol. The summed E-state index contributed by atoms with van der Waals surface area (Å²) in [6.45, 7) is 0.0699. The molecule has 8 heteroatoms. The van der Waals surface area contributed by atoms with E-state index in [1.165, 1.54) is 17.7 Å². The van der Waals surface area contributed by atoms with E-state index >= 15 is 4.39 Å². The molecule has 6 rings (SSSR count). The summed E-state index contributed by atoms with van der Waals surface area (Å²) < 4.78 is 15.7. The molecule has 3 atom stereocenters. The van der Waals surface area contributed by atoms with Gasteiger partial charge in [0.15, 0.2) is 0 Å². The minimum atomic E-state index is -0.731. The van der Waals surface area contributed by atoms with E-state index in [4.69, 9.17) is 7.85 Å². The quantitative estimate of drug-likeness (QED) is 0.520. The van der Waals surface area contributed by atoms with Crippen LogP contribution < -0.4 is 10.6 Å². The van der Waals surface area contributed by atoms with Gasteiger partial charge in [0.1, 0.15) is 11.9 Å². The van der Waals surface area contributed by atoms with Crippen LogP contribution in [0.15, 0.2) is 12.1 Å². The average molecular weight is 463 g/mol. The number of halogens is 1. The standard InChI is InChI=1S/C26H31BFN3O3/c27-26(13-25(14-26)9-10-25)30-19-4-2-1-3-15(19)11-16-5-6-17-18(22(16)28)12-31(24(17)34)20-7-8-21(32)29-23(20)33/h5-6,15,19-20,30H,1-4,7-14H2,(H,29,32,33)/t15-,19+,20?/m1/s1. The molecular weight excluding hydrogens is 432 g/mol. The molecule has 1 spiro atoms. The number of carbonyl (C=O) groups is 3. The second-order valence-corrected chi connectivity index (χ2v) is 11.5. The number of hydrogen-bond acceptors (Lipinski definition) is 4. The maximum atomic E-state index is 15.7. The zero-order valence-electron chi connectivity index (χ0n) is 19.5. The molecular formula is C26H31BFN3O3. The first-order valence-electron chi connectivity index (χ1n) is 12.8. The molecule has 0 aromatic heterocycles. The van der Waals surface area contributed by atoms with E-state index in [0.717, 1.165) is 38.5 Å². The summed E-state index contributed by atoms with van der Waals surface area (Å²) in [6.07, 6.45) is 10.2. The van der Waals surface area contributed by atoms with Crippen molar-refractivity contribution in [3.05, 3.63) is 34.6 Å². The molecule has 2 radical (unpaired) electrons. The van der Waals surface area contributed by atoms with Crippen LogP contribution in [0.5, 0.6) is 0 Å². The third-order valence-corrected chi connectivity index (χ3v) is 8.93. The van der Waals surface area contributed by atoms with Crippen LogP contribution in [0.3, 0.4) is 0 Å². The van der Waals surface area contributed by atoms with E-state index < -0.39 is 11.9 Å². The lowest BCUT2D eigenvalue weighted by Crippen LogP contribution is -2.61. The van der Waals surface area contributed by atoms with E-state index in [0.29, 0.717) is 34.4 Å².